The quantitative estimate of drug-likeness (QED) is 0.684. The molecule has 0 aliphatic heterocycles. The predicted octanol–water partition coefficient (Wildman–Crippen LogP) is 4.85. The molecule has 0 amide bonds. The summed E-state index contributed by atoms with van der Waals surface area (Å²) < 4.78 is 1.21. The predicted molar refractivity (Wildman–Crippen MR) is 67.3 cm³/mol. The Bertz CT molecular complexity index is 297. The topological polar surface area (TPSA) is 0 Å². The van der Waals surface area contributed by atoms with Gasteiger partial charge in [-0.15, -0.1) is 22.9 Å². The van der Waals surface area contributed by atoms with Crippen molar-refractivity contribution in [2.24, 2.45) is 5.92 Å². The summed E-state index contributed by atoms with van der Waals surface area (Å²) in [5.74, 6) is 0.705. The summed E-state index contributed by atoms with van der Waals surface area (Å²) >= 11 is 11.7. The van der Waals surface area contributed by atoms with E-state index in [1.54, 1.807) is 0 Å². The van der Waals surface area contributed by atoms with Crippen LogP contribution in [0.1, 0.15) is 30.6 Å². The van der Waals surface area contributed by atoms with Gasteiger partial charge in [-0.25, -0.2) is 0 Å². The molecule has 2 rings (SSSR count). The smallest absolute Gasteiger partial charge is 0.0367 e. The third-order valence-corrected chi connectivity index (χ3v) is 5.20. The highest BCUT2D eigenvalue weighted by molar-refractivity contribution is 9.10. The fourth-order valence-electron chi connectivity index (χ4n) is 2.11. The second kappa shape index (κ2) is 5.00. The molecular weight excluding hydrogens is 280 g/mol. The van der Waals surface area contributed by atoms with Crippen molar-refractivity contribution in [2.75, 3.05) is 0 Å². The van der Waals surface area contributed by atoms with Gasteiger partial charge in [0.05, 0.1) is 0 Å². The summed E-state index contributed by atoms with van der Waals surface area (Å²) in [5.41, 5.74) is 0. The molecule has 1 aliphatic carbocycles. The molecule has 0 aromatic carbocycles. The van der Waals surface area contributed by atoms with Crippen LogP contribution in [-0.4, -0.2) is 5.38 Å². The number of hydrogen-bond donors (Lipinski definition) is 0. The normalized spacial score (nSPS) is 27.9. The van der Waals surface area contributed by atoms with Crippen LogP contribution in [0.25, 0.3) is 0 Å². The van der Waals surface area contributed by atoms with Gasteiger partial charge in [0, 0.05) is 20.1 Å². The molecule has 3 heteroatoms. The standard InChI is InChI=1S/C11H14BrClS/c12-9-6-10(14-7-9)5-8-3-1-2-4-11(8)13/h6-8,11H,1-5H2. The number of alkyl halides is 1. The molecule has 1 fully saturated rings. The Morgan fingerprint density at radius 2 is 2.21 bits per heavy atom. The van der Waals surface area contributed by atoms with Gasteiger partial charge in [-0.05, 0) is 47.2 Å². The molecule has 0 N–H and O–H groups in total. The second-order valence-corrected chi connectivity index (χ2v) is 6.47. The van der Waals surface area contributed by atoms with Crippen molar-refractivity contribution in [1.29, 1.82) is 0 Å². The van der Waals surface area contributed by atoms with Crippen LogP contribution in [0.3, 0.4) is 0 Å². The van der Waals surface area contributed by atoms with Gasteiger partial charge in [0.15, 0.2) is 0 Å². The van der Waals surface area contributed by atoms with Crippen LogP contribution in [-0.2, 0) is 6.42 Å². The van der Waals surface area contributed by atoms with E-state index in [4.69, 9.17) is 11.6 Å². The molecule has 1 aromatic rings. The fourth-order valence-corrected chi connectivity index (χ4v) is 4.03. The third-order valence-electron chi connectivity index (χ3n) is 2.90. The molecule has 1 aromatic heterocycles. The number of halogens is 2. The van der Waals surface area contributed by atoms with E-state index in [0.717, 1.165) is 0 Å². The largest absolute Gasteiger partial charge is 0.148 e. The molecule has 0 saturated heterocycles. The Morgan fingerprint density at radius 3 is 2.86 bits per heavy atom. The van der Waals surface area contributed by atoms with Gasteiger partial charge in [0.25, 0.3) is 0 Å². The van der Waals surface area contributed by atoms with E-state index in [1.165, 1.54) is 41.5 Å². The van der Waals surface area contributed by atoms with E-state index >= 15 is 0 Å². The van der Waals surface area contributed by atoms with Gasteiger partial charge in [-0.2, -0.15) is 0 Å². The monoisotopic (exact) mass is 292 g/mol. The summed E-state index contributed by atoms with van der Waals surface area (Å²) in [5, 5.41) is 2.56. The zero-order valence-corrected chi connectivity index (χ0v) is 11.2. The van der Waals surface area contributed by atoms with Gasteiger partial charge in [-0.1, -0.05) is 12.8 Å². The van der Waals surface area contributed by atoms with E-state index < -0.39 is 0 Å². The van der Waals surface area contributed by atoms with Gasteiger partial charge < -0.3 is 0 Å². The van der Waals surface area contributed by atoms with Gasteiger partial charge in [0.1, 0.15) is 0 Å². The third kappa shape index (κ3) is 2.74. The average molecular weight is 294 g/mol. The molecule has 0 spiro atoms. The Kier molecular flexibility index (Phi) is 3.92. The summed E-state index contributed by atoms with van der Waals surface area (Å²) in [4.78, 5) is 1.47. The van der Waals surface area contributed by atoms with Crippen LogP contribution < -0.4 is 0 Å². The van der Waals surface area contributed by atoms with Crippen molar-refractivity contribution in [3.8, 4) is 0 Å². The Labute approximate surface area is 103 Å². The maximum absolute atomic E-state index is 6.33. The van der Waals surface area contributed by atoms with E-state index in [9.17, 15) is 0 Å². The first-order valence-electron chi connectivity index (χ1n) is 5.12. The first kappa shape index (κ1) is 11.0. The van der Waals surface area contributed by atoms with Crippen molar-refractivity contribution in [3.05, 3.63) is 20.8 Å². The van der Waals surface area contributed by atoms with Crippen molar-refractivity contribution < 1.29 is 0 Å². The zero-order chi connectivity index (χ0) is 9.97. The zero-order valence-electron chi connectivity index (χ0n) is 8.01. The van der Waals surface area contributed by atoms with Gasteiger partial charge in [0.2, 0.25) is 0 Å². The number of thiophene rings is 1. The molecule has 14 heavy (non-hydrogen) atoms. The second-order valence-electron chi connectivity index (χ2n) is 4.00. The van der Waals surface area contributed by atoms with Crippen molar-refractivity contribution in [1.82, 2.24) is 0 Å². The lowest BCUT2D eigenvalue weighted by atomic mass is 9.86. The first-order valence-corrected chi connectivity index (χ1v) is 7.23. The van der Waals surface area contributed by atoms with Crippen LogP contribution in [0.5, 0.6) is 0 Å². The van der Waals surface area contributed by atoms with Crippen molar-refractivity contribution >= 4 is 38.9 Å². The highest BCUT2D eigenvalue weighted by atomic mass is 79.9. The van der Waals surface area contributed by atoms with Gasteiger partial charge in [-0.3, -0.25) is 0 Å². The Balaban J connectivity index is 1.95. The molecular formula is C11H14BrClS. The molecule has 0 bridgehead atoms. The number of rotatable bonds is 2. The van der Waals surface area contributed by atoms with Crippen LogP contribution in [0.15, 0.2) is 15.9 Å². The van der Waals surface area contributed by atoms with Crippen LogP contribution in [0.2, 0.25) is 0 Å². The highest BCUT2D eigenvalue weighted by Crippen LogP contribution is 2.33. The summed E-state index contributed by atoms with van der Waals surface area (Å²) in [6, 6.07) is 2.23. The first-order chi connectivity index (χ1) is 6.75. The molecule has 1 saturated carbocycles. The van der Waals surface area contributed by atoms with Gasteiger partial charge >= 0.3 is 0 Å². The van der Waals surface area contributed by atoms with E-state index in [1.807, 2.05) is 11.3 Å². The Morgan fingerprint density at radius 1 is 1.43 bits per heavy atom. The lowest BCUT2D eigenvalue weighted by Crippen LogP contribution is -2.21. The number of hydrogen-bond acceptors (Lipinski definition) is 1. The Hall–Kier alpha value is 0.470. The molecule has 0 nitrogen and oxygen atoms in total. The minimum Gasteiger partial charge on any atom is -0.148 e. The lowest BCUT2D eigenvalue weighted by Gasteiger charge is -2.26. The van der Waals surface area contributed by atoms with Crippen molar-refractivity contribution in [3.63, 3.8) is 0 Å². The van der Waals surface area contributed by atoms with E-state index in [-0.39, 0.29) is 0 Å². The SMILES string of the molecule is ClC1CCCCC1Cc1cc(Br)cs1. The highest BCUT2D eigenvalue weighted by Gasteiger charge is 2.23. The molecule has 2 atom stereocenters. The van der Waals surface area contributed by atoms with Crippen LogP contribution >= 0.6 is 38.9 Å². The summed E-state index contributed by atoms with van der Waals surface area (Å²) in [7, 11) is 0. The summed E-state index contributed by atoms with van der Waals surface area (Å²) in [6.07, 6.45) is 6.37. The van der Waals surface area contributed by atoms with Crippen molar-refractivity contribution in [2.45, 2.75) is 37.5 Å². The lowest BCUT2D eigenvalue weighted by molar-refractivity contribution is 0.365. The van der Waals surface area contributed by atoms with Crippen LogP contribution in [0.4, 0.5) is 0 Å². The fraction of sp³-hybridized carbons (Fsp3) is 0.636. The molecule has 1 aliphatic rings. The molecule has 1 heterocycles. The maximum Gasteiger partial charge on any atom is 0.0367 e. The molecule has 78 valence electrons. The van der Waals surface area contributed by atoms with Crippen LogP contribution in [0, 0.1) is 5.92 Å². The molecule has 2 unspecified atom stereocenters. The summed E-state index contributed by atoms with van der Waals surface area (Å²) in [6.45, 7) is 0. The minimum absolute atomic E-state index is 0.407. The van der Waals surface area contributed by atoms with E-state index in [2.05, 4.69) is 27.4 Å². The molecule has 0 radical (unpaired) electrons. The average Bonchev–Trinajstić information content (AvgIpc) is 2.56. The minimum atomic E-state index is 0.407. The maximum atomic E-state index is 6.33. The van der Waals surface area contributed by atoms with E-state index in [0.29, 0.717) is 11.3 Å².